The lowest BCUT2D eigenvalue weighted by molar-refractivity contribution is -0.122. The second-order valence-electron chi connectivity index (χ2n) is 4.30. The molecule has 1 amide bonds. The number of carbonyl (C=O) groups is 1. The Morgan fingerprint density at radius 3 is 2.88 bits per heavy atom. The van der Waals surface area contributed by atoms with E-state index in [2.05, 4.69) is 20.8 Å². The molecule has 2 N–H and O–H groups in total. The minimum absolute atomic E-state index is 0.115. The quantitative estimate of drug-likeness (QED) is 0.778. The lowest BCUT2D eigenvalue weighted by Crippen LogP contribution is -2.54. The Kier molecular flexibility index (Phi) is 2.91. The van der Waals surface area contributed by atoms with Crippen molar-refractivity contribution in [3.05, 3.63) is 5.89 Å². The number of hydrogen-bond donors (Lipinski definition) is 2. The molecule has 2 rings (SSSR count). The van der Waals surface area contributed by atoms with Crippen LogP contribution in [0.5, 0.6) is 0 Å². The minimum Gasteiger partial charge on any atom is -0.408 e. The van der Waals surface area contributed by atoms with Gasteiger partial charge in [0.1, 0.15) is 0 Å². The molecule has 1 unspecified atom stereocenters. The zero-order chi connectivity index (χ0) is 11.6. The molecule has 1 aliphatic heterocycles. The van der Waals surface area contributed by atoms with Gasteiger partial charge in [0.05, 0.1) is 5.54 Å². The Hall–Kier alpha value is -1.43. The summed E-state index contributed by atoms with van der Waals surface area (Å²) >= 11 is 0. The molecular weight excluding hydrogens is 208 g/mol. The van der Waals surface area contributed by atoms with E-state index in [0.717, 1.165) is 25.8 Å². The number of piperidine rings is 1. The maximum Gasteiger partial charge on any atom is 0.322 e. The van der Waals surface area contributed by atoms with Crippen molar-refractivity contribution in [3.63, 3.8) is 0 Å². The Morgan fingerprint density at radius 1 is 1.50 bits per heavy atom. The second-order valence-corrected chi connectivity index (χ2v) is 4.30. The van der Waals surface area contributed by atoms with Crippen molar-refractivity contribution in [1.82, 2.24) is 15.5 Å². The Morgan fingerprint density at radius 2 is 2.31 bits per heavy atom. The van der Waals surface area contributed by atoms with Gasteiger partial charge in [0.2, 0.25) is 11.8 Å². The molecule has 0 bridgehead atoms. The van der Waals surface area contributed by atoms with Gasteiger partial charge in [-0.15, -0.1) is 5.10 Å². The van der Waals surface area contributed by atoms with Crippen molar-refractivity contribution >= 4 is 11.9 Å². The highest BCUT2D eigenvalue weighted by Gasteiger charge is 2.34. The molecule has 1 aliphatic rings. The van der Waals surface area contributed by atoms with Crippen LogP contribution in [0.2, 0.25) is 0 Å². The Labute approximate surface area is 93.8 Å². The van der Waals surface area contributed by atoms with Crippen LogP contribution in [-0.4, -0.2) is 28.2 Å². The fourth-order valence-corrected chi connectivity index (χ4v) is 1.83. The van der Waals surface area contributed by atoms with Crippen LogP contribution >= 0.6 is 0 Å². The first-order valence-corrected chi connectivity index (χ1v) is 5.47. The number of nitrogens with zero attached hydrogens (tertiary/aromatic N) is 2. The lowest BCUT2D eigenvalue weighted by atomic mass is 9.90. The van der Waals surface area contributed by atoms with Gasteiger partial charge in [-0.2, -0.15) is 0 Å². The predicted molar refractivity (Wildman–Crippen MR) is 57.9 cm³/mol. The van der Waals surface area contributed by atoms with Gasteiger partial charge in [-0.1, -0.05) is 5.10 Å². The topological polar surface area (TPSA) is 80.0 Å². The van der Waals surface area contributed by atoms with Crippen LogP contribution in [0.1, 0.15) is 32.1 Å². The Bertz CT molecular complexity index is 382. The molecule has 0 saturated carbocycles. The van der Waals surface area contributed by atoms with Crippen LogP contribution in [0.25, 0.3) is 0 Å². The largest absolute Gasteiger partial charge is 0.408 e. The summed E-state index contributed by atoms with van der Waals surface area (Å²) in [5, 5.41) is 13.2. The molecule has 16 heavy (non-hydrogen) atoms. The summed E-state index contributed by atoms with van der Waals surface area (Å²) < 4.78 is 5.11. The summed E-state index contributed by atoms with van der Waals surface area (Å²) in [6, 6.07) is 0.163. The van der Waals surface area contributed by atoms with E-state index in [0.29, 0.717) is 5.89 Å². The number of aryl methyl sites for hydroxylation is 1. The zero-order valence-electron chi connectivity index (χ0n) is 9.54. The molecule has 0 aromatic carbocycles. The van der Waals surface area contributed by atoms with E-state index in [9.17, 15) is 4.79 Å². The second kappa shape index (κ2) is 4.21. The van der Waals surface area contributed by atoms with Crippen molar-refractivity contribution in [2.24, 2.45) is 0 Å². The van der Waals surface area contributed by atoms with E-state index in [1.807, 2.05) is 6.92 Å². The van der Waals surface area contributed by atoms with Crippen LogP contribution in [0, 0.1) is 6.92 Å². The lowest BCUT2D eigenvalue weighted by Gasteiger charge is -2.32. The Balaban J connectivity index is 2.01. The van der Waals surface area contributed by atoms with Crippen molar-refractivity contribution in [3.8, 4) is 0 Å². The van der Waals surface area contributed by atoms with E-state index in [4.69, 9.17) is 4.42 Å². The highest BCUT2D eigenvalue weighted by Crippen LogP contribution is 2.20. The molecule has 1 fully saturated rings. The van der Waals surface area contributed by atoms with Gasteiger partial charge >= 0.3 is 6.01 Å². The van der Waals surface area contributed by atoms with Crippen LogP contribution in [0.15, 0.2) is 4.42 Å². The summed E-state index contributed by atoms with van der Waals surface area (Å²) in [5.41, 5.74) is -0.527. The molecule has 0 radical (unpaired) electrons. The first-order valence-electron chi connectivity index (χ1n) is 5.47. The number of aromatic nitrogens is 2. The number of carbonyl (C=O) groups excluding carboxylic acids is 1. The first kappa shape index (κ1) is 11.1. The van der Waals surface area contributed by atoms with Crippen molar-refractivity contribution in [2.75, 3.05) is 11.9 Å². The molecular formula is C10H16N4O2. The van der Waals surface area contributed by atoms with E-state index in [1.165, 1.54) is 0 Å². The van der Waals surface area contributed by atoms with Gasteiger partial charge in [-0.25, -0.2) is 0 Å². The van der Waals surface area contributed by atoms with E-state index >= 15 is 0 Å². The average molecular weight is 224 g/mol. The number of anilines is 1. The summed E-state index contributed by atoms with van der Waals surface area (Å²) in [5.74, 6) is 0.327. The molecule has 1 aromatic heterocycles. The first-order chi connectivity index (χ1) is 7.60. The van der Waals surface area contributed by atoms with E-state index < -0.39 is 5.54 Å². The summed E-state index contributed by atoms with van der Waals surface area (Å²) in [6.45, 7) is 4.45. The molecule has 1 saturated heterocycles. The van der Waals surface area contributed by atoms with Gasteiger partial charge in [0, 0.05) is 6.92 Å². The van der Waals surface area contributed by atoms with Gasteiger partial charge in [0.15, 0.2) is 0 Å². The number of amides is 1. The molecule has 6 nitrogen and oxygen atoms in total. The van der Waals surface area contributed by atoms with Crippen molar-refractivity contribution in [2.45, 2.75) is 38.6 Å². The SMILES string of the molecule is Cc1nnc(NC(=O)C2(C)CCCCN2)o1. The third-order valence-electron chi connectivity index (χ3n) is 2.87. The zero-order valence-corrected chi connectivity index (χ0v) is 9.54. The maximum atomic E-state index is 12.0. The van der Waals surface area contributed by atoms with Gasteiger partial charge in [-0.3, -0.25) is 10.1 Å². The number of rotatable bonds is 2. The number of nitrogens with one attached hydrogen (secondary N) is 2. The molecule has 1 aromatic rings. The summed E-state index contributed by atoms with van der Waals surface area (Å²) in [7, 11) is 0. The molecule has 88 valence electrons. The maximum absolute atomic E-state index is 12.0. The standard InChI is InChI=1S/C10H16N4O2/c1-7-13-14-9(16-7)12-8(15)10(2)5-3-4-6-11-10/h11H,3-6H2,1-2H3,(H,12,14,15). The van der Waals surface area contributed by atoms with E-state index in [1.54, 1.807) is 6.92 Å². The van der Waals surface area contributed by atoms with E-state index in [-0.39, 0.29) is 11.9 Å². The molecule has 0 spiro atoms. The van der Waals surface area contributed by atoms with Gasteiger partial charge in [0.25, 0.3) is 0 Å². The number of hydrogen-bond acceptors (Lipinski definition) is 5. The van der Waals surface area contributed by atoms with Crippen molar-refractivity contribution in [1.29, 1.82) is 0 Å². The fraction of sp³-hybridized carbons (Fsp3) is 0.700. The third-order valence-corrected chi connectivity index (χ3v) is 2.87. The fourth-order valence-electron chi connectivity index (χ4n) is 1.83. The predicted octanol–water partition coefficient (Wildman–Crippen LogP) is 0.849. The molecule has 6 heteroatoms. The highest BCUT2D eigenvalue weighted by atomic mass is 16.4. The average Bonchev–Trinajstić information content (AvgIpc) is 2.65. The van der Waals surface area contributed by atoms with Gasteiger partial charge in [-0.05, 0) is 32.7 Å². The van der Waals surface area contributed by atoms with Crippen LogP contribution in [-0.2, 0) is 4.79 Å². The molecule has 0 aliphatic carbocycles. The minimum atomic E-state index is -0.527. The van der Waals surface area contributed by atoms with Crippen LogP contribution in [0.3, 0.4) is 0 Å². The molecule has 1 atom stereocenters. The third kappa shape index (κ3) is 2.21. The monoisotopic (exact) mass is 224 g/mol. The smallest absolute Gasteiger partial charge is 0.322 e. The normalized spacial score (nSPS) is 25.4. The molecule has 2 heterocycles. The van der Waals surface area contributed by atoms with Crippen LogP contribution in [0.4, 0.5) is 6.01 Å². The summed E-state index contributed by atoms with van der Waals surface area (Å²) in [6.07, 6.45) is 2.99. The van der Waals surface area contributed by atoms with Gasteiger partial charge < -0.3 is 9.73 Å². The van der Waals surface area contributed by atoms with Crippen molar-refractivity contribution < 1.29 is 9.21 Å². The van der Waals surface area contributed by atoms with Crippen LogP contribution < -0.4 is 10.6 Å². The highest BCUT2D eigenvalue weighted by molar-refractivity contribution is 5.96. The summed E-state index contributed by atoms with van der Waals surface area (Å²) in [4.78, 5) is 12.0.